The van der Waals surface area contributed by atoms with Crippen LogP contribution in [0.3, 0.4) is 0 Å². The summed E-state index contributed by atoms with van der Waals surface area (Å²) in [7, 11) is -2.21. The minimum Gasteiger partial charge on any atom is -0.487 e. The zero-order valence-electron chi connectivity index (χ0n) is 18.2. The third-order valence-corrected chi connectivity index (χ3v) is 7.69. The van der Waals surface area contributed by atoms with Crippen LogP contribution < -0.4 is 4.74 Å². The first kappa shape index (κ1) is 23.2. The number of ether oxygens (including phenoxy) is 1. The fourth-order valence-electron chi connectivity index (χ4n) is 3.57. The second-order valence-corrected chi connectivity index (χ2v) is 9.90. The van der Waals surface area contributed by atoms with E-state index in [1.807, 2.05) is 19.1 Å². The van der Waals surface area contributed by atoms with Crippen LogP contribution >= 0.6 is 0 Å². The Hall–Kier alpha value is -2.49. The van der Waals surface area contributed by atoms with Crippen molar-refractivity contribution in [2.45, 2.75) is 37.8 Å². The van der Waals surface area contributed by atoms with Crippen molar-refractivity contribution in [1.29, 1.82) is 0 Å². The molecule has 0 bridgehead atoms. The average Bonchev–Trinajstić information content (AvgIpc) is 2.75. The Labute approximate surface area is 183 Å². The minimum absolute atomic E-state index is 0.0491. The van der Waals surface area contributed by atoms with Crippen molar-refractivity contribution in [1.82, 2.24) is 14.2 Å². The van der Waals surface area contributed by atoms with Crippen LogP contribution in [0.25, 0.3) is 11.1 Å². The number of likely N-dealkylation sites (N-methyl/N-ethyl adjacent to an activating group) is 1. The summed E-state index contributed by atoms with van der Waals surface area (Å²) >= 11 is 0. The van der Waals surface area contributed by atoms with Gasteiger partial charge in [0.15, 0.2) is 0 Å². The maximum Gasteiger partial charge on any atom is 0.247 e. The molecule has 1 N–H and O–H groups in total. The molecule has 2 heterocycles. The van der Waals surface area contributed by atoms with Gasteiger partial charge in [0.05, 0.1) is 13.2 Å². The number of benzene rings is 1. The number of fused-ring (bicyclic) bond motifs is 1. The molecule has 168 valence electrons. The minimum atomic E-state index is -3.90. The zero-order chi connectivity index (χ0) is 22.8. The molecule has 1 aliphatic heterocycles. The SMILES string of the molecule is CC(=O)N(C)C[C@@H]1Oc2cc(-c3ccncc3)ccc2S(=O)(=O)N([C@@H](C)CO)C[C@H]1C. The van der Waals surface area contributed by atoms with Gasteiger partial charge in [0.1, 0.15) is 16.7 Å². The molecule has 31 heavy (non-hydrogen) atoms. The largest absolute Gasteiger partial charge is 0.487 e. The number of nitrogens with zero attached hydrogens (tertiary/aromatic N) is 3. The second-order valence-electron chi connectivity index (χ2n) is 8.04. The van der Waals surface area contributed by atoms with Crippen molar-refractivity contribution in [2.75, 3.05) is 26.7 Å². The topological polar surface area (TPSA) is 100 Å². The van der Waals surface area contributed by atoms with Crippen molar-refractivity contribution in [3.8, 4) is 16.9 Å². The van der Waals surface area contributed by atoms with Gasteiger partial charge in [0.2, 0.25) is 15.9 Å². The normalized spacial score (nSPS) is 21.8. The van der Waals surface area contributed by atoms with Crippen LogP contribution in [-0.4, -0.2) is 72.5 Å². The lowest BCUT2D eigenvalue weighted by atomic mass is 10.0. The van der Waals surface area contributed by atoms with E-state index >= 15 is 0 Å². The molecule has 9 heteroatoms. The first-order valence-corrected chi connectivity index (χ1v) is 11.6. The fraction of sp³-hybridized carbons (Fsp3) is 0.455. The van der Waals surface area contributed by atoms with Gasteiger partial charge in [-0.25, -0.2) is 8.42 Å². The molecule has 1 aliphatic rings. The Bertz CT molecular complexity index is 1030. The summed E-state index contributed by atoms with van der Waals surface area (Å²) in [5.41, 5.74) is 1.68. The van der Waals surface area contributed by atoms with Crippen molar-refractivity contribution in [3.05, 3.63) is 42.7 Å². The fourth-order valence-corrected chi connectivity index (χ4v) is 5.39. The number of aliphatic hydroxyl groups excluding tert-OH is 1. The van der Waals surface area contributed by atoms with Crippen LogP contribution in [0.5, 0.6) is 5.75 Å². The quantitative estimate of drug-likeness (QED) is 0.753. The Morgan fingerprint density at radius 2 is 1.97 bits per heavy atom. The van der Waals surface area contributed by atoms with E-state index in [4.69, 9.17) is 4.74 Å². The predicted octanol–water partition coefficient (Wildman–Crippen LogP) is 2.00. The molecule has 3 rings (SSSR count). The molecule has 0 saturated carbocycles. The molecule has 2 aromatic rings. The third-order valence-electron chi connectivity index (χ3n) is 5.67. The maximum atomic E-state index is 13.5. The van der Waals surface area contributed by atoms with Crippen LogP contribution in [0.4, 0.5) is 0 Å². The Morgan fingerprint density at radius 3 is 2.58 bits per heavy atom. The monoisotopic (exact) mass is 447 g/mol. The first-order chi connectivity index (χ1) is 14.6. The molecule has 8 nitrogen and oxygen atoms in total. The molecule has 0 unspecified atom stereocenters. The van der Waals surface area contributed by atoms with E-state index in [1.54, 1.807) is 49.5 Å². The van der Waals surface area contributed by atoms with Gasteiger partial charge in [-0.3, -0.25) is 9.78 Å². The highest BCUT2D eigenvalue weighted by Crippen LogP contribution is 2.36. The summed E-state index contributed by atoms with van der Waals surface area (Å²) in [5.74, 6) is -0.0851. The van der Waals surface area contributed by atoms with E-state index in [0.717, 1.165) is 11.1 Å². The van der Waals surface area contributed by atoms with E-state index in [0.29, 0.717) is 6.54 Å². The van der Waals surface area contributed by atoms with Gasteiger partial charge < -0.3 is 14.7 Å². The second kappa shape index (κ2) is 9.33. The van der Waals surface area contributed by atoms with E-state index in [1.165, 1.54) is 11.2 Å². The molecule has 0 fully saturated rings. The van der Waals surface area contributed by atoms with E-state index in [-0.39, 0.29) is 35.6 Å². The number of pyridine rings is 1. The number of rotatable bonds is 5. The lowest BCUT2D eigenvalue weighted by molar-refractivity contribution is -0.129. The summed E-state index contributed by atoms with van der Waals surface area (Å²) < 4.78 is 34.5. The molecule has 0 saturated heterocycles. The van der Waals surface area contributed by atoms with Gasteiger partial charge in [0.25, 0.3) is 0 Å². The molecule has 1 amide bonds. The Morgan fingerprint density at radius 1 is 1.29 bits per heavy atom. The third kappa shape index (κ3) is 4.89. The van der Waals surface area contributed by atoms with Crippen LogP contribution in [0.2, 0.25) is 0 Å². The van der Waals surface area contributed by atoms with Crippen LogP contribution in [0, 0.1) is 5.92 Å². The molecule has 0 spiro atoms. The number of hydrogen-bond donors (Lipinski definition) is 1. The highest BCUT2D eigenvalue weighted by molar-refractivity contribution is 7.89. The number of amides is 1. The standard InChI is InChI=1S/C22H29N3O5S/c1-15-12-25(16(2)14-26)31(28,29)22-6-5-19(18-7-9-23-10-8-18)11-20(22)30-21(15)13-24(4)17(3)27/h5-11,15-16,21,26H,12-14H2,1-4H3/t15-,16+,21+/m1/s1. The van der Waals surface area contributed by atoms with Crippen molar-refractivity contribution >= 4 is 15.9 Å². The lowest BCUT2D eigenvalue weighted by Gasteiger charge is -2.37. The van der Waals surface area contributed by atoms with Crippen molar-refractivity contribution < 1.29 is 23.1 Å². The lowest BCUT2D eigenvalue weighted by Crippen LogP contribution is -2.50. The summed E-state index contributed by atoms with van der Waals surface area (Å²) in [4.78, 5) is 17.4. The average molecular weight is 448 g/mol. The van der Waals surface area contributed by atoms with E-state index in [9.17, 15) is 18.3 Å². The smallest absolute Gasteiger partial charge is 0.247 e. The number of carbonyl (C=O) groups excluding carboxylic acids is 1. The number of aromatic nitrogens is 1. The molecular formula is C22H29N3O5S. The molecule has 0 aliphatic carbocycles. The molecule has 1 aromatic carbocycles. The zero-order valence-corrected chi connectivity index (χ0v) is 19.0. The number of carbonyl (C=O) groups is 1. The Kier molecular flexibility index (Phi) is 6.98. The van der Waals surface area contributed by atoms with Gasteiger partial charge in [-0.2, -0.15) is 4.31 Å². The molecule has 1 aromatic heterocycles. The van der Waals surface area contributed by atoms with Gasteiger partial charge in [-0.1, -0.05) is 13.0 Å². The maximum absolute atomic E-state index is 13.5. The predicted molar refractivity (Wildman–Crippen MR) is 117 cm³/mol. The number of hydrogen-bond acceptors (Lipinski definition) is 6. The van der Waals surface area contributed by atoms with Crippen LogP contribution in [-0.2, 0) is 14.8 Å². The number of aliphatic hydroxyl groups is 1. The van der Waals surface area contributed by atoms with E-state index in [2.05, 4.69) is 4.98 Å². The van der Waals surface area contributed by atoms with Gasteiger partial charge in [-0.15, -0.1) is 0 Å². The summed E-state index contributed by atoms with van der Waals surface area (Å²) in [5, 5.41) is 9.70. The molecule has 3 atom stereocenters. The first-order valence-electron chi connectivity index (χ1n) is 10.2. The highest BCUT2D eigenvalue weighted by atomic mass is 32.2. The van der Waals surface area contributed by atoms with Gasteiger partial charge >= 0.3 is 0 Å². The van der Waals surface area contributed by atoms with Gasteiger partial charge in [-0.05, 0) is 42.3 Å². The summed E-state index contributed by atoms with van der Waals surface area (Å²) in [6.07, 6.45) is 2.91. The van der Waals surface area contributed by atoms with Crippen LogP contribution in [0.1, 0.15) is 20.8 Å². The molecule has 0 radical (unpaired) electrons. The highest BCUT2D eigenvalue weighted by Gasteiger charge is 2.38. The summed E-state index contributed by atoms with van der Waals surface area (Å²) in [6.45, 7) is 5.24. The number of sulfonamides is 1. The van der Waals surface area contributed by atoms with E-state index < -0.39 is 22.2 Å². The van der Waals surface area contributed by atoms with Crippen molar-refractivity contribution in [3.63, 3.8) is 0 Å². The molecular weight excluding hydrogens is 418 g/mol. The van der Waals surface area contributed by atoms with Crippen LogP contribution in [0.15, 0.2) is 47.6 Å². The summed E-state index contributed by atoms with van der Waals surface area (Å²) in [6, 6.07) is 8.07. The van der Waals surface area contributed by atoms with Crippen molar-refractivity contribution in [2.24, 2.45) is 5.92 Å². The Balaban J connectivity index is 2.13. The van der Waals surface area contributed by atoms with Gasteiger partial charge in [0, 0.05) is 44.9 Å².